The van der Waals surface area contributed by atoms with Crippen LogP contribution in [-0.2, 0) is 11.3 Å². The van der Waals surface area contributed by atoms with Gasteiger partial charge in [-0.25, -0.2) is 0 Å². The molecule has 0 aromatic heterocycles. The van der Waals surface area contributed by atoms with Crippen LogP contribution in [0.15, 0.2) is 59.5 Å². The van der Waals surface area contributed by atoms with Crippen molar-refractivity contribution in [3.63, 3.8) is 0 Å². The Morgan fingerprint density at radius 1 is 1.14 bits per heavy atom. The van der Waals surface area contributed by atoms with Gasteiger partial charge >= 0.3 is 0 Å². The zero-order valence-corrected chi connectivity index (χ0v) is 13.0. The van der Waals surface area contributed by atoms with Crippen molar-refractivity contribution in [2.45, 2.75) is 23.6 Å². The van der Waals surface area contributed by atoms with E-state index in [9.17, 15) is 4.79 Å². The highest BCUT2D eigenvalue weighted by Gasteiger charge is 2.14. The largest absolute Gasteiger partial charge is 0.496 e. The maximum Gasteiger partial charge on any atom is 0.233 e. The molecule has 0 saturated carbocycles. The second-order valence-electron chi connectivity index (χ2n) is 4.60. The van der Waals surface area contributed by atoms with E-state index < -0.39 is 0 Å². The molecule has 0 bridgehead atoms. The van der Waals surface area contributed by atoms with E-state index >= 15 is 0 Å². The van der Waals surface area contributed by atoms with E-state index in [1.807, 2.05) is 61.5 Å². The number of ether oxygens (including phenoxy) is 1. The van der Waals surface area contributed by atoms with Crippen LogP contribution in [0.4, 0.5) is 0 Å². The van der Waals surface area contributed by atoms with Crippen LogP contribution in [0, 0.1) is 0 Å². The van der Waals surface area contributed by atoms with Crippen LogP contribution in [0.3, 0.4) is 0 Å². The summed E-state index contributed by atoms with van der Waals surface area (Å²) in [6, 6.07) is 17.6. The summed E-state index contributed by atoms with van der Waals surface area (Å²) in [5.74, 6) is 0.816. The molecule has 21 heavy (non-hydrogen) atoms. The lowest BCUT2D eigenvalue weighted by atomic mass is 10.2. The number of nitrogens with one attached hydrogen (secondary N) is 1. The first-order chi connectivity index (χ1) is 10.2. The molecule has 2 aromatic rings. The fourth-order valence-electron chi connectivity index (χ4n) is 1.93. The van der Waals surface area contributed by atoms with Crippen LogP contribution >= 0.6 is 11.8 Å². The first-order valence-electron chi connectivity index (χ1n) is 6.82. The van der Waals surface area contributed by atoms with E-state index in [1.165, 1.54) is 0 Å². The third kappa shape index (κ3) is 4.53. The number of para-hydroxylation sites is 1. The van der Waals surface area contributed by atoms with Crippen LogP contribution in [0.2, 0.25) is 0 Å². The first-order valence-corrected chi connectivity index (χ1v) is 7.70. The molecule has 1 atom stereocenters. The number of carbonyl (C=O) groups excluding carboxylic acids is 1. The molecule has 0 spiro atoms. The van der Waals surface area contributed by atoms with Crippen molar-refractivity contribution >= 4 is 17.7 Å². The van der Waals surface area contributed by atoms with E-state index in [-0.39, 0.29) is 11.2 Å². The third-order valence-electron chi connectivity index (χ3n) is 3.07. The Hall–Kier alpha value is -1.94. The number of rotatable bonds is 6. The second-order valence-corrected chi connectivity index (χ2v) is 6.02. The average molecular weight is 301 g/mol. The fraction of sp³-hybridized carbons (Fsp3) is 0.235. The summed E-state index contributed by atoms with van der Waals surface area (Å²) in [7, 11) is 1.63. The third-order valence-corrected chi connectivity index (χ3v) is 4.18. The molecule has 0 aliphatic carbocycles. The summed E-state index contributed by atoms with van der Waals surface area (Å²) in [5.41, 5.74) is 0.977. The highest BCUT2D eigenvalue weighted by atomic mass is 32.2. The lowest BCUT2D eigenvalue weighted by Gasteiger charge is -2.13. The van der Waals surface area contributed by atoms with E-state index in [1.54, 1.807) is 18.9 Å². The monoisotopic (exact) mass is 301 g/mol. The molecule has 0 heterocycles. The number of amides is 1. The number of hydrogen-bond donors (Lipinski definition) is 1. The summed E-state index contributed by atoms with van der Waals surface area (Å²) in [5, 5.41) is 2.82. The molecule has 0 aliphatic rings. The van der Waals surface area contributed by atoms with Gasteiger partial charge in [0.05, 0.1) is 12.4 Å². The van der Waals surface area contributed by atoms with Gasteiger partial charge < -0.3 is 10.1 Å². The van der Waals surface area contributed by atoms with Crippen molar-refractivity contribution in [2.24, 2.45) is 0 Å². The van der Waals surface area contributed by atoms with E-state index in [0.29, 0.717) is 6.54 Å². The zero-order chi connectivity index (χ0) is 15.1. The van der Waals surface area contributed by atoms with Gasteiger partial charge in [0.15, 0.2) is 0 Å². The molecule has 0 saturated heterocycles. The smallest absolute Gasteiger partial charge is 0.233 e. The summed E-state index contributed by atoms with van der Waals surface area (Å²) >= 11 is 1.55. The molecule has 110 valence electrons. The van der Waals surface area contributed by atoms with Crippen molar-refractivity contribution in [2.75, 3.05) is 7.11 Å². The number of hydrogen-bond acceptors (Lipinski definition) is 3. The number of methoxy groups -OCH3 is 1. The Bertz CT molecular complexity index is 586. The molecule has 0 unspecified atom stereocenters. The predicted molar refractivity (Wildman–Crippen MR) is 86.6 cm³/mol. The Kier molecular flexibility index (Phi) is 5.69. The summed E-state index contributed by atoms with van der Waals surface area (Å²) in [6.07, 6.45) is 0. The minimum absolute atomic E-state index is 0.0229. The molecule has 2 rings (SSSR count). The topological polar surface area (TPSA) is 38.3 Å². The molecule has 2 aromatic carbocycles. The van der Waals surface area contributed by atoms with Crippen LogP contribution in [0.1, 0.15) is 12.5 Å². The van der Waals surface area contributed by atoms with Gasteiger partial charge in [0, 0.05) is 17.0 Å². The standard InChI is InChI=1S/C17H19NO2S/c1-13(21-15-9-4-3-5-10-15)17(19)18-12-14-8-6-7-11-16(14)20-2/h3-11,13H,12H2,1-2H3,(H,18,19)/t13-/m0/s1. The minimum Gasteiger partial charge on any atom is -0.496 e. The van der Waals surface area contributed by atoms with Gasteiger partial charge in [0.1, 0.15) is 5.75 Å². The van der Waals surface area contributed by atoms with Gasteiger partial charge in [-0.2, -0.15) is 0 Å². The average Bonchev–Trinajstić information content (AvgIpc) is 2.53. The van der Waals surface area contributed by atoms with E-state index in [0.717, 1.165) is 16.2 Å². The lowest BCUT2D eigenvalue weighted by molar-refractivity contribution is -0.120. The molecule has 4 heteroatoms. The number of carbonyl (C=O) groups is 1. The Morgan fingerprint density at radius 2 is 1.81 bits per heavy atom. The Labute approximate surface area is 129 Å². The second kappa shape index (κ2) is 7.74. The maximum atomic E-state index is 12.1. The molecule has 0 fully saturated rings. The first kappa shape index (κ1) is 15.4. The van der Waals surface area contributed by atoms with Gasteiger partial charge in [0.25, 0.3) is 0 Å². The number of benzene rings is 2. The highest BCUT2D eigenvalue weighted by Crippen LogP contribution is 2.23. The van der Waals surface area contributed by atoms with Gasteiger partial charge in [-0.3, -0.25) is 4.79 Å². The van der Waals surface area contributed by atoms with Crippen LogP contribution in [0.25, 0.3) is 0 Å². The zero-order valence-electron chi connectivity index (χ0n) is 12.2. The molecule has 0 radical (unpaired) electrons. The maximum absolute atomic E-state index is 12.1. The van der Waals surface area contributed by atoms with E-state index in [4.69, 9.17) is 4.74 Å². The number of thioether (sulfide) groups is 1. The molecule has 0 aliphatic heterocycles. The van der Waals surface area contributed by atoms with Crippen molar-refractivity contribution in [1.29, 1.82) is 0 Å². The minimum atomic E-state index is -0.137. The molecular weight excluding hydrogens is 282 g/mol. The fourth-order valence-corrected chi connectivity index (χ4v) is 2.84. The van der Waals surface area contributed by atoms with Gasteiger partial charge in [-0.1, -0.05) is 36.4 Å². The summed E-state index contributed by atoms with van der Waals surface area (Å²) in [4.78, 5) is 13.2. The predicted octanol–water partition coefficient (Wildman–Crippen LogP) is 3.49. The van der Waals surface area contributed by atoms with Gasteiger partial charge in [-0.05, 0) is 25.1 Å². The van der Waals surface area contributed by atoms with Crippen LogP contribution < -0.4 is 10.1 Å². The van der Waals surface area contributed by atoms with Crippen molar-refractivity contribution < 1.29 is 9.53 Å². The Balaban J connectivity index is 1.89. The van der Waals surface area contributed by atoms with Crippen molar-refractivity contribution in [3.05, 3.63) is 60.2 Å². The Morgan fingerprint density at radius 3 is 2.52 bits per heavy atom. The van der Waals surface area contributed by atoms with Gasteiger partial charge in [-0.15, -0.1) is 11.8 Å². The summed E-state index contributed by atoms with van der Waals surface area (Å²) < 4.78 is 5.28. The van der Waals surface area contributed by atoms with Crippen LogP contribution in [-0.4, -0.2) is 18.3 Å². The van der Waals surface area contributed by atoms with Crippen molar-refractivity contribution in [3.8, 4) is 5.75 Å². The molecule has 1 N–H and O–H groups in total. The molecule has 1 amide bonds. The quantitative estimate of drug-likeness (QED) is 0.830. The van der Waals surface area contributed by atoms with E-state index in [2.05, 4.69) is 5.32 Å². The van der Waals surface area contributed by atoms with Gasteiger partial charge in [0.2, 0.25) is 5.91 Å². The van der Waals surface area contributed by atoms with Crippen LogP contribution in [0.5, 0.6) is 5.75 Å². The lowest BCUT2D eigenvalue weighted by Crippen LogP contribution is -2.30. The normalized spacial score (nSPS) is 11.7. The highest BCUT2D eigenvalue weighted by molar-refractivity contribution is 8.00. The summed E-state index contributed by atoms with van der Waals surface area (Å²) in [6.45, 7) is 2.39. The molecule has 3 nitrogen and oxygen atoms in total. The molecular formula is C17H19NO2S. The van der Waals surface area contributed by atoms with Crippen molar-refractivity contribution in [1.82, 2.24) is 5.32 Å². The SMILES string of the molecule is COc1ccccc1CNC(=O)[C@H](C)Sc1ccccc1.